The molecule has 0 aromatic carbocycles. The van der Waals surface area contributed by atoms with E-state index in [-0.39, 0.29) is 30.3 Å². The molecule has 0 aliphatic carbocycles. The number of fused-ring (bicyclic) bond motifs is 1. The van der Waals surface area contributed by atoms with E-state index in [2.05, 4.69) is 15.3 Å². The molecular weight excluding hydrogens is 392 g/mol. The van der Waals surface area contributed by atoms with Crippen molar-refractivity contribution in [2.75, 3.05) is 43.6 Å². The summed E-state index contributed by atoms with van der Waals surface area (Å²) in [6.07, 6.45) is 2.34. The van der Waals surface area contributed by atoms with Gasteiger partial charge in [-0.2, -0.15) is 4.98 Å². The molecule has 1 N–H and O–H groups in total. The highest BCUT2D eigenvalue weighted by molar-refractivity contribution is 5.89. The largest absolute Gasteiger partial charge is 0.481 e. The van der Waals surface area contributed by atoms with Crippen LogP contribution in [0.5, 0.6) is 5.88 Å². The SMILES string of the molecule is CCOC(=O)c1coc(NCC[C@H]2CCN(C(=O)OCC)c3ccc(OC)nc32)n1. The minimum atomic E-state index is -0.522. The Morgan fingerprint density at radius 1 is 1.23 bits per heavy atom. The number of anilines is 2. The monoisotopic (exact) mass is 418 g/mol. The predicted molar refractivity (Wildman–Crippen MR) is 108 cm³/mol. The summed E-state index contributed by atoms with van der Waals surface area (Å²) in [7, 11) is 1.56. The second-order valence-electron chi connectivity index (χ2n) is 6.57. The van der Waals surface area contributed by atoms with Gasteiger partial charge in [0.15, 0.2) is 5.69 Å². The highest BCUT2D eigenvalue weighted by Gasteiger charge is 2.31. The third-order valence-electron chi connectivity index (χ3n) is 4.71. The number of oxazole rings is 1. The first-order chi connectivity index (χ1) is 14.6. The van der Waals surface area contributed by atoms with Crippen LogP contribution in [0.25, 0.3) is 0 Å². The number of methoxy groups -OCH3 is 1. The number of nitrogens with one attached hydrogen (secondary N) is 1. The second kappa shape index (κ2) is 9.95. The van der Waals surface area contributed by atoms with Crippen LogP contribution >= 0.6 is 0 Å². The molecule has 1 aliphatic heterocycles. The standard InChI is InChI=1S/C20H26N4O6/c1-4-28-18(25)14-12-30-19(22-14)21-10-8-13-9-11-24(20(26)29-5-2)15-6-7-16(27-3)23-17(13)15/h6-7,12-13H,4-5,8-11H2,1-3H3,(H,21,22)/t13-/m0/s1. The Kier molecular flexibility index (Phi) is 7.10. The first-order valence-corrected chi connectivity index (χ1v) is 9.93. The number of nitrogens with zero attached hydrogens (tertiary/aromatic N) is 3. The number of hydrogen-bond donors (Lipinski definition) is 1. The fourth-order valence-electron chi connectivity index (χ4n) is 3.31. The number of aromatic nitrogens is 2. The Balaban J connectivity index is 1.67. The molecule has 0 spiro atoms. The maximum atomic E-state index is 12.3. The molecule has 0 saturated carbocycles. The van der Waals surface area contributed by atoms with Crippen molar-refractivity contribution in [3.8, 4) is 5.88 Å². The van der Waals surface area contributed by atoms with Crippen LogP contribution in [0.1, 0.15) is 48.8 Å². The third kappa shape index (κ3) is 4.81. The van der Waals surface area contributed by atoms with Crippen LogP contribution in [-0.4, -0.2) is 55.4 Å². The molecule has 0 saturated heterocycles. The highest BCUT2D eigenvalue weighted by atomic mass is 16.6. The molecule has 1 atom stereocenters. The fraction of sp³-hybridized carbons (Fsp3) is 0.500. The van der Waals surface area contributed by atoms with Crippen LogP contribution in [0.15, 0.2) is 22.8 Å². The van der Waals surface area contributed by atoms with Crippen LogP contribution in [0, 0.1) is 0 Å². The molecule has 10 nitrogen and oxygen atoms in total. The minimum Gasteiger partial charge on any atom is -0.481 e. The van der Waals surface area contributed by atoms with Crippen molar-refractivity contribution in [1.29, 1.82) is 0 Å². The molecule has 162 valence electrons. The lowest BCUT2D eigenvalue weighted by atomic mass is 9.91. The summed E-state index contributed by atoms with van der Waals surface area (Å²) in [6, 6.07) is 3.81. The highest BCUT2D eigenvalue weighted by Crippen LogP contribution is 2.37. The van der Waals surface area contributed by atoms with Gasteiger partial charge in [0, 0.05) is 25.1 Å². The van der Waals surface area contributed by atoms with Gasteiger partial charge in [0.2, 0.25) is 5.88 Å². The lowest BCUT2D eigenvalue weighted by molar-refractivity contribution is 0.0519. The summed E-state index contributed by atoms with van der Waals surface area (Å²) in [4.78, 5) is 34.2. The number of carbonyl (C=O) groups excluding carboxylic acids is 2. The molecule has 2 aromatic rings. The predicted octanol–water partition coefficient (Wildman–Crippen LogP) is 3.21. The Labute approximate surface area is 174 Å². The molecule has 30 heavy (non-hydrogen) atoms. The summed E-state index contributed by atoms with van der Waals surface area (Å²) in [5.74, 6) is 0.0721. The van der Waals surface area contributed by atoms with Gasteiger partial charge in [0.05, 0.1) is 31.7 Å². The molecule has 0 fully saturated rings. The number of amides is 1. The lowest BCUT2D eigenvalue weighted by Gasteiger charge is -2.33. The molecule has 1 aliphatic rings. The van der Waals surface area contributed by atoms with Gasteiger partial charge in [-0.1, -0.05) is 0 Å². The first kappa shape index (κ1) is 21.4. The topological polar surface area (TPSA) is 116 Å². The Bertz CT molecular complexity index is 884. The fourth-order valence-corrected chi connectivity index (χ4v) is 3.31. The van der Waals surface area contributed by atoms with Crippen LogP contribution in [0.2, 0.25) is 0 Å². The third-order valence-corrected chi connectivity index (χ3v) is 4.71. The summed E-state index contributed by atoms with van der Waals surface area (Å²) >= 11 is 0. The maximum Gasteiger partial charge on any atom is 0.414 e. The molecular formula is C20H26N4O6. The molecule has 3 rings (SSSR count). The van der Waals surface area contributed by atoms with Crippen molar-refractivity contribution in [3.05, 3.63) is 29.8 Å². The normalized spacial score (nSPS) is 15.3. The number of carbonyl (C=O) groups is 2. The molecule has 0 unspecified atom stereocenters. The number of esters is 1. The smallest absolute Gasteiger partial charge is 0.414 e. The second-order valence-corrected chi connectivity index (χ2v) is 6.57. The number of ether oxygens (including phenoxy) is 3. The molecule has 10 heteroatoms. The van der Waals surface area contributed by atoms with E-state index in [9.17, 15) is 9.59 Å². The molecule has 0 bridgehead atoms. The number of rotatable bonds is 8. The van der Waals surface area contributed by atoms with Crippen LogP contribution in [-0.2, 0) is 9.47 Å². The van der Waals surface area contributed by atoms with Gasteiger partial charge in [0.1, 0.15) is 6.26 Å². The first-order valence-electron chi connectivity index (χ1n) is 9.93. The van der Waals surface area contributed by atoms with Gasteiger partial charge in [0.25, 0.3) is 6.01 Å². The van der Waals surface area contributed by atoms with Crippen LogP contribution in [0.3, 0.4) is 0 Å². The summed E-state index contributed by atoms with van der Waals surface area (Å²) < 4.78 is 20.6. The van der Waals surface area contributed by atoms with Crippen molar-refractivity contribution < 1.29 is 28.2 Å². The zero-order chi connectivity index (χ0) is 21.5. The van der Waals surface area contributed by atoms with Crippen molar-refractivity contribution in [3.63, 3.8) is 0 Å². The Morgan fingerprint density at radius 2 is 2.03 bits per heavy atom. The Morgan fingerprint density at radius 3 is 2.77 bits per heavy atom. The summed E-state index contributed by atoms with van der Waals surface area (Å²) in [5, 5.41) is 3.07. The van der Waals surface area contributed by atoms with Crippen LogP contribution < -0.4 is 15.0 Å². The summed E-state index contributed by atoms with van der Waals surface area (Å²) in [6.45, 7) is 5.17. The van der Waals surface area contributed by atoms with E-state index in [1.165, 1.54) is 6.26 Å². The van der Waals surface area contributed by atoms with Gasteiger partial charge in [-0.3, -0.25) is 4.90 Å². The zero-order valence-corrected chi connectivity index (χ0v) is 17.3. The van der Waals surface area contributed by atoms with E-state index in [1.54, 1.807) is 31.9 Å². The van der Waals surface area contributed by atoms with Crippen molar-refractivity contribution in [2.45, 2.75) is 32.6 Å². The van der Waals surface area contributed by atoms with Gasteiger partial charge in [-0.05, 0) is 32.8 Å². The zero-order valence-electron chi connectivity index (χ0n) is 17.3. The van der Waals surface area contributed by atoms with Gasteiger partial charge < -0.3 is 23.9 Å². The summed E-state index contributed by atoms with van der Waals surface area (Å²) in [5.41, 5.74) is 1.64. The van der Waals surface area contributed by atoms with Crippen molar-refractivity contribution in [1.82, 2.24) is 9.97 Å². The number of pyridine rings is 1. The quantitative estimate of drug-likeness (QED) is 0.645. The molecule has 2 aromatic heterocycles. The van der Waals surface area contributed by atoms with E-state index in [4.69, 9.17) is 18.6 Å². The molecule has 3 heterocycles. The maximum absolute atomic E-state index is 12.3. The van der Waals surface area contributed by atoms with Gasteiger partial charge in [-0.15, -0.1) is 0 Å². The lowest BCUT2D eigenvalue weighted by Crippen LogP contribution is -2.38. The van der Waals surface area contributed by atoms with E-state index >= 15 is 0 Å². The van der Waals surface area contributed by atoms with Crippen molar-refractivity contribution in [2.24, 2.45) is 0 Å². The number of hydrogen-bond acceptors (Lipinski definition) is 9. The van der Waals surface area contributed by atoms with Crippen LogP contribution in [0.4, 0.5) is 16.5 Å². The van der Waals surface area contributed by atoms with E-state index in [0.717, 1.165) is 24.2 Å². The van der Waals surface area contributed by atoms with Gasteiger partial charge in [-0.25, -0.2) is 14.6 Å². The molecule has 0 radical (unpaired) electrons. The molecule has 1 amide bonds. The van der Waals surface area contributed by atoms with E-state index in [1.807, 2.05) is 6.07 Å². The minimum absolute atomic E-state index is 0.104. The van der Waals surface area contributed by atoms with Crippen molar-refractivity contribution >= 4 is 23.8 Å². The average Bonchev–Trinajstić information content (AvgIpc) is 3.23. The average molecular weight is 418 g/mol. The Hall–Kier alpha value is -3.30. The van der Waals surface area contributed by atoms with E-state index < -0.39 is 5.97 Å². The van der Waals surface area contributed by atoms with Gasteiger partial charge >= 0.3 is 12.1 Å². The van der Waals surface area contributed by atoms with E-state index in [0.29, 0.717) is 25.6 Å².